The summed E-state index contributed by atoms with van der Waals surface area (Å²) in [5.74, 6) is 0.585. The van der Waals surface area contributed by atoms with E-state index in [0.29, 0.717) is 5.91 Å². The van der Waals surface area contributed by atoms with Crippen molar-refractivity contribution in [3.05, 3.63) is 35.9 Å². The van der Waals surface area contributed by atoms with Crippen molar-refractivity contribution in [2.45, 2.75) is 51.2 Å². The number of hydrogen-bond donors (Lipinski definition) is 0. The van der Waals surface area contributed by atoms with Crippen LogP contribution in [0.2, 0.25) is 0 Å². The summed E-state index contributed by atoms with van der Waals surface area (Å²) in [5, 5.41) is 0. The van der Waals surface area contributed by atoms with Gasteiger partial charge in [0, 0.05) is 25.6 Å². The average Bonchev–Trinajstić information content (AvgIpc) is 3.20. The normalized spacial score (nSPS) is 22.6. The number of amides is 1. The molecule has 0 spiro atoms. The summed E-state index contributed by atoms with van der Waals surface area (Å²) in [4.78, 5) is 14.9. The third kappa shape index (κ3) is 3.85. The summed E-state index contributed by atoms with van der Waals surface area (Å²) in [6.45, 7) is 2.32. The molecule has 0 radical (unpaired) electrons. The maximum atomic E-state index is 12.8. The summed E-state index contributed by atoms with van der Waals surface area (Å²) in [6, 6.07) is 10.3. The number of ether oxygens (including phenoxy) is 1. The molecular weight excluding hydrogens is 262 g/mol. The molecular formula is C18H25NO2. The molecule has 0 bridgehead atoms. The summed E-state index contributed by atoms with van der Waals surface area (Å²) in [7, 11) is 0. The van der Waals surface area contributed by atoms with Crippen molar-refractivity contribution in [3.63, 3.8) is 0 Å². The quantitative estimate of drug-likeness (QED) is 0.831. The van der Waals surface area contributed by atoms with Gasteiger partial charge >= 0.3 is 0 Å². The van der Waals surface area contributed by atoms with Crippen LogP contribution in [0.3, 0.4) is 0 Å². The van der Waals surface area contributed by atoms with Gasteiger partial charge in [0.15, 0.2) is 0 Å². The van der Waals surface area contributed by atoms with Gasteiger partial charge in [-0.25, -0.2) is 0 Å². The van der Waals surface area contributed by atoms with Crippen LogP contribution in [0.4, 0.5) is 0 Å². The second kappa shape index (κ2) is 7.08. The van der Waals surface area contributed by atoms with E-state index in [1.807, 2.05) is 23.1 Å². The Morgan fingerprint density at radius 2 is 1.86 bits per heavy atom. The highest BCUT2D eigenvalue weighted by Gasteiger charge is 2.29. The topological polar surface area (TPSA) is 29.5 Å². The highest BCUT2D eigenvalue weighted by Crippen LogP contribution is 2.28. The van der Waals surface area contributed by atoms with Crippen LogP contribution < -0.4 is 0 Å². The van der Waals surface area contributed by atoms with Crippen molar-refractivity contribution in [1.82, 2.24) is 4.90 Å². The van der Waals surface area contributed by atoms with Gasteiger partial charge in [0.25, 0.3) is 0 Å². The molecule has 1 unspecified atom stereocenters. The molecule has 3 rings (SSSR count). The maximum Gasteiger partial charge on any atom is 0.226 e. The number of nitrogens with zero attached hydrogens (tertiary/aromatic N) is 1. The van der Waals surface area contributed by atoms with Crippen LogP contribution >= 0.6 is 0 Å². The number of hydrogen-bond acceptors (Lipinski definition) is 2. The Morgan fingerprint density at radius 1 is 1.10 bits per heavy atom. The fraction of sp³-hybridized carbons (Fsp3) is 0.611. The van der Waals surface area contributed by atoms with Crippen molar-refractivity contribution in [2.24, 2.45) is 5.92 Å². The molecule has 114 valence electrons. The van der Waals surface area contributed by atoms with E-state index in [0.717, 1.165) is 45.4 Å². The Balaban J connectivity index is 1.68. The lowest BCUT2D eigenvalue weighted by Crippen LogP contribution is -2.39. The van der Waals surface area contributed by atoms with Gasteiger partial charge in [0.1, 0.15) is 0 Å². The van der Waals surface area contributed by atoms with Gasteiger partial charge in [-0.15, -0.1) is 0 Å². The number of carbonyl (C=O) groups is 1. The van der Waals surface area contributed by atoms with Gasteiger partial charge in [0.05, 0.1) is 6.10 Å². The van der Waals surface area contributed by atoms with Crippen LogP contribution in [0.1, 0.15) is 44.1 Å². The number of rotatable bonds is 5. The molecule has 1 aliphatic heterocycles. The summed E-state index contributed by atoms with van der Waals surface area (Å²) >= 11 is 0. The van der Waals surface area contributed by atoms with E-state index in [9.17, 15) is 4.79 Å². The molecule has 1 saturated carbocycles. The monoisotopic (exact) mass is 287 g/mol. The van der Waals surface area contributed by atoms with E-state index in [1.165, 1.54) is 18.4 Å². The van der Waals surface area contributed by atoms with Crippen molar-refractivity contribution < 1.29 is 9.53 Å². The minimum Gasteiger partial charge on any atom is -0.376 e. The first-order chi connectivity index (χ1) is 10.3. The molecule has 2 aliphatic rings. The van der Waals surface area contributed by atoms with Gasteiger partial charge in [-0.3, -0.25) is 4.79 Å². The highest BCUT2D eigenvalue weighted by molar-refractivity contribution is 5.79. The standard InChI is InChI=1S/C18H25NO2/c20-18(16-9-4-5-10-16)19(14-17-11-6-12-21-17)13-15-7-2-1-3-8-15/h1-3,7-8,16-17H,4-6,9-14H2. The molecule has 21 heavy (non-hydrogen) atoms. The molecule has 1 aromatic rings. The lowest BCUT2D eigenvalue weighted by molar-refractivity contribution is -0.137. The summed E-state index contributed by atoms with van der Waals surface area (Å²) in [5.41, 5.74) is 1.21. The van der Waals surface area contributed by atoms with Gasteiger partial charge in [-0.1, -0.05) is 43.2 Å². The Kier molecular flexibility index (Phi) is 4.91. The predicted octanol–water partition coefficient (Wildman–Crippen LogP) is 3.38. The molecule has 1 atom stereocenters. The molecule has 1 amide bonds. The Labute approximate surface area is 127 Å². The van der Waals surface area contributed by atoms with Crippen LogP contribution in [-0.2, 0) is 16.1 Å². The Hall–Kier alpha value is -1.35. The van der Waals surface area contributed by atoms with Gasteiger partial charge in [-0.05, 0) is 31.2 Å². The predicted molar refractivity (Wildman–Crippen MR) is 82.8 cm³/mol. The SMILES string of the molecule is O=C(C1CCCC1)N(Cc1ccccc1)CC1CCCO1. The highest BCUT2D eigenvalue weighted by atomic mass is 16.5. The van der Waals surface area contributed by atoms with E-state index >= 15 is 0 Å². The first-order valence-electron chi connectivity index (χ1n) is 8.27. The van der Waals surface area contributed by atoms with Crippen LogP contribution in [-0.4, -0.2) is 30.1 Å². The summed E-state index contributed by atoms with van der Waals surface area (Å²) < 4.78 is 5.74. The lowest BCUT2D eigenvalue weighted by Gasteiger charge is -2.28. The zero-order valence-electron chi connectivity index (χ0n) is 12.7. The molecule has 1 saturated heterocycles. The van der Waals surface area contributed by atoms with E-state index < -0.39 is 0 Å². The average molecular weight is 287 g/mol. The fourth-order valence-corrected chi connectivity index (χ4v) is 3.50. The second-order valence-electron chi connectivity index (χ2n) is 6.32. The maximum absolute atomic E-state index is 12.8. The first kappa shape index (κ1) is 14.6. The minimum atomic E-state index is 0.235. The molecule has 2 fully saturated rings. The van der Waals surface area contributed by atoms with Crippen LogP contribution in [0, 0.1) is 5.92 Å². The Morgan fingerprint density at radius 3 is 2.52 bits per heavy atom. The molecule has 0 N–H and O–H groups in total. The van der Waals surface area contributed by atoms with Crippen molar-refractivity contribution in [2.75, 3.05) is 13.2 Å². The Bertz CT molecular complexity index is 448. The zero-order chi connectivity index (χ0) is 14.5. The third-order valence-corrected chi connectivity index (χ3v) is 4.68. The molecule has 1 heterocycles. The second-order valence-corrected chi connectivity index (χ2v) is 6.32. The minimum absolute atomic E-state index is 0.235. The van der Waals surface area contributed by atoms with E-state index in [1.54, 1.807) is 0 Å². The van der Waals surface area contributed by atoms with E-state index in [2.05, 4.69) is 12.1 Å². The number of benzene rings is 1. The van der Waals surface area contributed by atoms with Gasteiger partial charge < -0.3 is 9.64 Å². The van der Waals surface area contributed by atoms with E-state index in [-0.39, 0.29) is 12.0 Å². The molecule has 1 aromatic carbocycles. The van der Waals surface area contributed by atoms with Gasteiger partial charge in [0.2, 0.25) is 5.91 Å². The van der Waals surface area contributed by atoms with Crippen LogP contribution in [0.15, 0.2) is 30.3 Å². The molecule has 1 aliphatic carbocycles. The van der Waals surface area contributed by atoms with E-state index in [4.69, 9.17) is 4.74 Å². The van der Waals surface area contributed by atoms with Crippen LogP contribution in [0.25, 0.3) is 0 Å². The molecule has 0 aromatic heterocycles. The molecule has 3 heteroatoms. The van der Waals surface area contributed by atoms with Gasteiger partial charge in [-0.2, -0.15) is 0 Å². The van der Waals surface area contributed by atoms with Crippen molar-refractivity contribution in [1.29, 1.82) is 0 Å². The largest absolute Gasteiger partial charge is 0.376 e. The number of carbonyl (C=O) groups excluding carboxylic acids is 1. The third-order valence-electron chi connectivity index (χ3n) is 4.68. The van der Waals surface area contributed by atoms with Crippen molar-refractivity contribution in [3.8, 4) is 0 Å². The van der Waals surface area contributed by atoms with Crippen LogP contribution in [0.5, 0.6) is 0 Å². The first-order valence-corrected chi connectivity index (χ1v) is 8.27. The smallest absolute Gasteiger partial charge is 0.226 e. The zero-order valence-corrected chi connectivity index (χ0v) is 12.7. The lowest BCUT2D eigenvalue weighted by atomic mass is 10.1. The molecule has 3 nitrogen and oxygen atoms in total. The van der Waals surface area contributed by atoms with Crippen molar-refractivity contribution >= 4 is 5.91 Å². The fourth-order valence-electron chi connectivity index (χ4n) is 3.50. The summed E-state index contributed by atoms with van der Waals surface area (Å²) in [6.07, 6.45) is 6.99.